The van der Waals surface area contributed by atoms with Crippen LogP contribution in [0.2, 0.25) is 0 Å². The van der Waals surface area contributed by atoms with Gasteiger partial charge in [-0.1, -0.05) is 60.7 Å². The van der Waals surface area contributed by atoms with Crippen molar-refractivity contribution in [3.05, 3.63) is 84.1 Å². The summed E-state index contributed by atoms with van der Waals surface area (Å²) in [7, 11) is 3.57. The van der Waals surface area contributed by atoms with Crippen molar-refractivity contribution < 1.29 is 9.59 Å². The fourth-order valence-corrected chi connectivity index (χ4v) is 4.21. The number of nitrogens with zero attached hydrogens (tertiary/aromatic N) is 4. The Morgan fingerprint density at radius 2 is 1.64 bits per heavy atom. The lowest BCUT2D eigenvalue weighted by Gasteiger charge is -2.31. The van der Waals surface area contributed by atoms with Crippen molar-refractivity contribution in [2.75, 3.05) is 27.2 Å². The second kappa shape index (κ2) is 10.3. The minimum Gasteiger partial charge on any atom is -0.349 e. The number of hydrogen-bond donors (Lipinski definition) is 0. The lowest BCUT2D eigenvalue weighted by Crippen LogP contribution is -2.42. The molecule has 2 amide bonds. The standard InChI is InChI=1S/C27H30N4O2/c1-29(2)27(33)23-15-17-30(18-16-23)25(32)14-13-24-20-31(19-21-9-5-3-6-10-21)28-26(24)22-11-7-4-8-12-22/h3-14,20,23H,15-19H2,1-2H3/b14-13+. The molecular weight excluding hydrogens is 412 g/mol. The topological polar surface area (TPSA) is 58.4 Å². The van der Waals surface area contributed by atoms with E-state index in [2.05, 4.69) is 12.1 Å². The van der Waals surface area contributed by atoms with E-state index in [4.69, 9.17) is 5.10 Å². The third-order valence-corrected chi connectivity index (χ3v) is 6.03. The van der Waals surface area contributed by atoms with Crippen molar-refractivity contribution in [3.63, 3.8) is 0 Å². The van der Waals surface area contributed by atoms with Crippen LogP contribution in [0.15, 0.2) is 72.9 Å². The van der Waals surface area contributed by atoms with Gasteiger partial charge in [0, 0.05) is 56.5 Å². The molecule has 2 heterocycles. The molecule has 33 heavy (non-hydrogen) atoms. The predicted octanol–water partition coefficient (Wildman–Crippen LogP) is 3.94. The SMILES string of the molecule is CN(C)C(=O)C1CCN(C(=O)/C=C/c2cn(Cc3ccccc3)nc2-c2ccccc2)CC1. The largest absolute Gasteiger partial charge is 0.349 e. The number of piperidine rings is 1. The molecule has 0 unspecified atom stereocenters. The first-order valence-electron chi connectivity index (χ1n) is 11.4. The maximum atomic E-state index is 12.8. The van der Waals surface area contributed by atoms with E-state index in [-0.39, 0.29) is 17.7 Å². The quantitative estimate of drug-likeness (QED) is 0.544. The van der Waals surface area contributed by atoms with Crippen LogP contribution >= 0.6 is 0 Å². The fourth-order valence-electron chi connectivity index (χ4n) is 4.21. The van der Waals surface area contributed by atoms with Gasteiger partial charge in [0.1, 0.15) is 0 Å². The number of amides is 2. The summed E-state index contributed by atoms with van der Waals surface area (Å²) >= 11 is 0. The smallest absolute Gasteiger partial charge is 0.246 e. The predicted molar refractivity (Wildman–Crippen MR) is 130 cm³/mol. The molecule has 0 N–H and O–H groups in total. The molecule has 1 saturated heterocycles. The molecule has 1 aromatic heterocycles. The van der Waals surface area contributed by atoms with Crippen molar-refractivity contribution in [1.82, 2.24) is 19.6 Å². The second-order valence-corrected chi connectivity index (χ2v) is 8.65. The van der Waals surface area contributed by atoms with Crippen LogP contribution < -0.4 is 0 Å². The molecule has 0 atom stereocenters. The number of hydrogen-bond acceptors (Lipinski definition) is 3. The van der Waals surface area contributed by atoms with Crippen LogP contribution in [0.3, 0.4) is 0 Å². The first-order chi connectivity index (χ1) is 16.0. The van der Waals surface area contributed by atoms with Crippen LogP contribution in [0, 0.1) is 5.92 Å². The van der Waals surface area contributed by atoms with Gasteiger partial charge in [-0.15, -0.1) is 0 Å². The van der Waals surface area contributed by atoms with E-state index >= 15 is 0 Å². The monoisotopic (exact) mass is 442 g/mol. The molecular formula is C27H30N4O2. The third kappa shape index (κ3) is 5.58. The average molecular weight is 443 g/mol. The number of carbonyl (C=O) groups excluding carboxylic acids is 2. The molecule has 0 bridgehead atoms. The summed E-state index contributed by atoms with van der Waals surface area (Å²) in [5.41, 5.74) is 3.94. The minimum atomic E-state index is -0.0272. The van der Waals surface area contributed by atoms with Crippen molar-refractivity contribution in [2.45, 2.75) is 19.4 Å². The zero-order valence-electron chi connectivity index (χ0n) is 19.2. The third-order valence-electron chi connectivity index (χ3n) is 6.03. The summed E-state index contributed by atoms with van der Waals surface area (Å²) in [5, 5.41) is 4.81. The molecule has 1 aliphatic heterocycles. The van der Waals surface area contributed by atoms with Gasteiger partial charge in [0.25, 0.3) is 0 Å². The van der Waals surface area contributed by atoms with Gasteiger partial charge in [0.15, 0.2) is 0 Å². The van der Waals surface area contributed by atoms with E-state index in [1.54, 1.807) is 25.1 Å². The van der Waals surface area contributed by atoms with Crippen molar-refractivity contribution in [1.29, 1.82) is 0 Å². The van der Waals surface area contributed by atoms with Gasteiger partial charge in [0.2, 0.25) is 11.8 Å². The summed E-state index contributed by atoms with van der Waals surface area (Å²) in [5.74, 6) is 0.130. The number of rotatable bonds is 6. The van der Waals surface area contributed by atoms with Gasteiger partial charge >= 0.3 is 0 Å². The van der Waals surface area contributed by atoms with Crippen LogP contribution in [0.4, 0.5) is 0 Å². The normalized spacial score (nSPS) is 14.5. The van der Waals surface area contributed by atoms with Crippen LogP contribution in [0.1, 0.15) is 24.0 Å². The van der Waals surface area contributed by atoms with E-state index in [1.165, 1.54) is 5.56 Å². The number of benzene rings is 2. The summed E-state index contributed by atoms with van der Waals surface area (Å²) < 4.78 is 1.92. The molecule has 1 aliphatic rings. The zero-order valence-corrected chi connectivity index (χ0v) is 19.2. The first-order valence-corrected chi connectivity index (χ1v) is 11.4. The molecule has 6 nitrogen and oxygen atoms in total. The lowest BCUT2D eigenvalue weighted by atomic mass is 9.95. The van der Waals surface area contributed by atoms with Crippen molar-refractivity contribution in [2.24, 2.45) is 5.92 Å². The Balaban J connectivity index is 1.49. The molecule has 1 fully saturated rings. The number of carbonyl (C=O) groups is 2. The van der Waals surface area contributed by atoms with E-state index in [0.717, 1.165) is 16.8 Å². The molecule has 0 saturated carbocycles. The van der Waals surface area contributed by atoms with Crippen LogP contribution in [0.25, 0.3) is 17.3 Å². The molecule has 2 aromatic carbocycles. The highest BCUT2D eigenvalue weighted by molar-refractivity contribution is 5.93. The van der Waals surface area contributed by atoms with Gasteiger partial charge in [-0.25, -0.2) is 0 Å². The molecule has 6 heteroatoms. The average Bonchev–Trinajstić information content (AvgIpc) is 3.25. The fraction of sp³-hybridized carbons (Fsp3) is 0.296. The molecule has 0 radical (unpaired) electrons. The van der Waals surface area contributed by atoms with E-state index in [1.807, 2.05) is 70.4 Å². The maximum absolute atomic E-state index is 12.8. The Kier molecular flexibility index (Phi) is 7.03. The number of aromatic nitrogens is 2. The highest BCUT2D eigenvalue weighted by Gasteiger charge is 2.27. The van der Waals surface area contributed by atoms with E-state index in [9.17, 15) is 9.59 Å². The minimum absolute atomic E-state index is 0.00827. The Labute approximate surface area is 195 Å². The van der Waals surface area contributed by atoms with E-state index < -0.39 is 0 Å². The molecule has 170 valence electrons. The van der Waals surface area contributed by atoms with Gasteiger partial charge in [-0.2, -0.15) is 5.10 Å². The van der Waals surface area contributed by atoms with Crippen LogP contribution in [0.5, 0.6) is 0 Å². The highest BCUT2D eigenvalue weighted by atomic mass is 16.2. The zero-order chi connectivity index (χ0) is 23.2. The van der Waals surface area contributed by atoms with Crippen LogP contribution in [-0.2, 0) is 16.1 Å². The second-order valence-electron chi connectivity index (χ2n) is 8.65. The highest BCUT2D eigenvalue weighted by Crippen LogP contribution is 2.24. The summed E-state index contributed by atoms with van der Waals surface area (Å²) in [6, 6.07) is 20.2. The van der Waals surface area contributed by atoms with Gasteiger partial charge in [-0.3, -0.25) is 14.3 Å². The van der Waals surface area contributed by atoms with Gasteiger partial charge in [-0.05, 0) is 24.5 Å². The molecule has 4 rings (SSSR count). The van der Waals surface area contributed by atoms with Crippen molar-refractivity contribution in [3.8, 4) is 11.3 Å². The van der Waals surface area contributed by atoms with Crippen molar-refractivity contribution >= 4 is 17.9 Å². The Hall–Kier alpha value is -3.67. The summed E-state index contributed by atoms with van der Waals surface area (Å²) in [6.45, 7) is 1.87. The van der Waals surface area contributed by atoms with Gasteiger partial charge in [0.05, 0.1) is 12.2 Å². The Bertz CT molecular complexity index is 1110. The van der Waals surface area contributed by atoms with Crippen LogP contribution in [-0.4, -0.2) is 58.6 Å². The molecule has 0 aliphatic carbocycles. The lowest BCUT2D eigenvalue weighted by molar-refractivity contribution is -0.137. The first kappa shape index (κ1) is 22.5. The molecule has 3 aromatic rings. The number of likely N-dealkylation sites (tertiary alicyclic amines) is 1. The summed E-state index contributed by atoms with van der Waals surface area (Å²) in [4.78, 5) is 28.5. The summed E-state index contributed by atoms with van der Waals surface area (Å²) in [6.07, 6.45) is 6.89. The Morgan fingerprint density at radius 3 is 2.27 bits per heavy atom. The molecule has 0 spiro atoms. The maximum Gasteiger partial charge on any atom is 0.246 e. The van der Waals surface area contributed by atoms with Gasteiger partial charge < -0.3 is 9.80 Å². The van der Waals surface area contributed by atoms with E-state index in [0.29, 0.717) is 32.5 Å². The Morgan fingerprint density at radius 1 is 1.00 bits per heavy atom.